The van der Waals surface area contributed by atoms with E-state index >= 15 is 0 Å². The summed E-state index contributed by atoms with van der Waals surface area (Å²) >= 11 is 0. The second-order valence-corrected chi connectivity index (χ2v) is 6.80. The number of carboxylic acid groups (broad SMARTS) is 1. The van der Waals surface area contributed by atoms with Crippen LogP contribution < -0.4 is 10.6 Å². The summed E-state index contributed by atoms with van der Waals surface area (Å²) in [6, 6.07) is 6.55. The van der Waals surface area contributed by atoms with Gasteiger partial charge in [0.1, 0.15) is 0 Å². The first-order chi connectivity index (χ1) is 13.3. The third-order valence-corrected chi connectivity index (χ3v) is 4.38. The maximum Gasteiger partial charge on any atom is 0.313 e. The summed E-state index contributed by atoms with van der Waals surface area (Å²) in [6.07, 6.45) is -0.208. The molecule has 1 aromatic rings. The molecule has 9 heteroatoms. The average molecular weight is 391 g/mol. The third-order valence-electron chi connectivity index (χ3n) is 4.38. The molecule has 1 fully saturated rings. The van der Waals surface area contributed by atoms with Gasteiger partial charge in [-0.15, -0.1) is 0 Å². The van der Waals surface area contributed by atoms with Gasteiger partial charge in [0, 0.05) is 24.8 Å². The van der Waals surface area contributed by atoms with E-state index in [1.54, 1.807) is 19.1 Å². The van der Waals surface area contributed by atoms with Crippen LogP contribution in [0.1, 0.15) is 18.9 Å². The van der Waals surface area contributed by atoms with Crippen molar-refractivity contribution < 1.29 is 29.0 Å². The van der Waals surface area contributed by atoms with Crippen LogP contribution in [0.5, 0.6) is 0 Å². The van der Waals surface area contributed by atoms with Gasteiger partial charge < -0.3 is 25.4 Å². The number of benzene rings is 1. The minimum absolute atomic E-state index is 0.0195. The van der Waals surface area contributed by atoms with E-state index in [-0.39, 0.29) is 32.7 Å². The maximum atomic E-state index is 12.6. The molecule has 1 aliphatic rings. The van der Waals surface area contributed by atoms with Crippen molar-refractivity contribution in [3.05, 3.63) is 29.8 Å². The number of ether oxygens (including phenoxy) is 1. The summed E-state index contributed by atoms with van der Waals surface area (Å²) in [5, 5.41) is 14.0. The van der Waals surface area contributed by atoms with E-state index in [0.717, 1.165) is 5.56 Å². The standard InChI is InChI=1S/C19H25N3O6/c1-12-5-3-4-6-15(12)21-18(26)19(27)22-7-8-28-11-14(10-22)17(25)20-13(2)9-16(23)24/h3-6,13-14H,7-11H2,1-2H3,(H,20,25)(H,21,26)(H,23,24)/t13-,14+/m1/s1. The molecule has 2 rings (SSSR count). The molecule has 3 amide bonds. The fraction of sp³-hybridized carbons (Fsp3) is 0.474. The van der Waals surface area contributed by atoms with Gasteiger partial charge in [0.25, 0.3) is 0 Å². The molecule has 1 aromatic carbocycles. The van der Waals surface area contributed by atoms with Gasteiger partial charge in [-0.25, -0.2) is 0 Å². The number of carbonyl (C=O) groups is 4. The first-order valence-electron chi connectivity index (χ1n) is 9.03. The van der Waals surface area contributed by atoms with E-state index in [9.17, 15) is 19.2 Å². The Hall–Kier alpha value is -2.94. The molecule has 1 heterocycles. The Labute approximate surface area is 163 Å². The molecule has 0 aromatic heterocycles. The van der Waals surface area contributed by atoms with Crippen molar-refractivity contribution in [2.75, 3.05) is 31.6 Å². The van der Waals surface area contributed by atoms with Crippen molar-refractivity contribution in [3.8, 4) is 0 Å². The van der Waals surface area contributed by atoms with Gasteiger partial charge in [0.05, 0.1) is 25.6 Å². The van der Waals surface area contributed by atoms with Crippen LogP contribution in [0, 0.1) is 12.8 Å². The van der Waals surface area contributed by atoms with Crippen molar-refractivity contribution in [2.45, 2.75) is 26.3 Å². The predicted molar refractivity (Wildman–Crippen MR) is 101 cm³/mol. The Bertz CT molecular complexity index is 751. The van der Waals surface area contributed by atoms with Crippen LogP contribution in [-0.4, -0.2) is 66.0 Å². The number of anilines is 1. The first-order valence-corrected chi connectivity index (χ1v) is 9.03. The van der Waals surface area contributed by atoms with Crippen LogP contribution in [0.15, 0.2) is 24.3 Å². The highest BCUT2D eigenvalue weighted by molar-refractivity contribution is 6.39. The summed E-state index contributed by atoms with van der Waals surface area (Å²) in [5.41, 5.74) is 1.37. The highest BCUT2D eigenvalue weighted by atomic mass is 16.5. The molecule has 1 saturated heterocycles. The topological polar surface area (TPSA) is 125 Å². The number of amides is 3. The number of carboxylic acids is 1. The number of para-hydroxylation sites is 1. The Balaban J connectivity index is 1.99. The minimum atomic E-state index is -1.02. The molecule has 0 radical (unpaired) electrons. The predicted octanol–water partition coefficient (Wildman–Crippen LogP) is 0.388. The third kappa shape index (κ3) is 6.05. The van der Waals surface area contributed by atoms with E-state index in [1.807, 2.05) is 19.1 Å². The molecule has 2 atom stereocenters. The van der Waals surface area contributed by atoms with Gasteiger partial charge >= 0.3 is 17.8 Å². The number of rotatable bonds is 5. The van der Waals surface area contributed by atoms with Gasteiger partial charge in [-0.3, -0.25) is 19.2 Å². The van der Waals surface area contributed by atoms with Gasteiger partial charge in [0.2, 0.25) is 5.91 Å². The van der Waals surface area contributed by atoms with Gasteiger partial charge in [-0.05, 0) is 25.5 Å². The number of hydrogen-bond acceptors (Lipinski definition) is 5. The molecular formula is C19H25N3O6. The Morgan fingerprint density at radius 1 is 1.29 bits per heavy atom. The molecule has 0 saturated carbocycles. The summed E-state index contributed by atoms with van der Waals surface area (Å²) in [6.45, 7) is 3.91. The summed E-state index contributed by atoms with van der Waals surface area (Å²) in [7, 11) is 0. The lowest BCUT2D eigenvalue weighted by Gasteiger charge is -2.23. The maximum absolute atomic E-state index is 12.6. The highest BCUT2D eigenvalue weighted by Gasteiger charge is 2.31. The van der Waals surface area contributed by atoms with E-state index < -0.39 is 35.7 Å². The lowest BCUT2D eigenvalue weighted by atomic mass is 10.1. The SMILES string of the molecule is Cc1ccccc1NC(=O)C(=O)N1CCOC[C@@H](C(=O)N[C@H](C)CC(=O)O)C1. The average Bonchev–Trinajstić information content (AvgIpc) is 2.88. The normalized spacial score (nSPS) is 17.9. The largest absolute Gasteiger partial charge is 0.481 e. The lowest BCUT2D eigenvalue weighted by Crippen LogP contribution is -2.47. The van der Waals surface area contributed by atoms with E-state index in [0.29, 0.717) is 5.69 Å². The van der Waals surface area contributed by atoms with Crippen LogP contribution in [-0.2, 0) is 23.9 Å². The van der Waals surface area contributed by atoms with E-state index in [4.69, 9.17) is 9.84 Å². The smallest absolute Gasteiger partial charge is 0.313 e. The molecule has 152 valence electrons. The number of nitrogens with zero attached hydrogens (tertiary/aromatic N) is 1. The number of nitrogens with one attached hydrogen (secondary N) is 2. The van der Waals surface area contributed by atoms with Gasteiger partial charge in [-0.1, -0.05) is 18.2 Å². The summed E-state index contributed by atoms with van der Waals surface area (Å²) in [4.78, 5) is 49.3. The number of carbonyl (C=O) groups excluding carboxylic acids is 3. The molecular weight excluding hydrogens is 366 g/mol. The Kier molecular flexibility index (Phi) is 7.51. The first kappa shape index (κ1) is 21.4. The fourth-order valence-corrected chi connectivity index (χ4v) is 2.86. The van der Waals surface area contributed by atoms with Gasteiger partial charge in [-0.2, -0.15) is 0 Å². The van der Waals surface area contributed by atoms with Crippen LogP contribution in [0.2, 0.25) is 0 Å². The van der Waals surface area contributed by atoms with Crippen molar-refractivity contribution in [1.82, 2.24) is 10.2 Å². The van der Waals surface area contributed by atoms with Crippen molar-refractivity contribution in [1.29, 1.82) is 0 Å². The quantitative estimate of drug-likeness (QED) is 0.624. The van der Waals surface area contributed by atoms with Crippen molar-refractivity contribution in [3.63, 3.8) is 0 Å². The molecule has 1 aliphatic heterocycles. The number of aliphatic carboxylic acids is 1. The fourth-order valence-electron chi connectivity index (χ4n) is 2.86. The van der Waals surface area contributed by atoms with Crippen LogP contribution in [0.25, 0.3) is 0 Å². The second-order valence-electron chi connectivity index (χ2n) is 6.80. The van der Waals surface area contributed by atoms with Crippen molar-refractivity contribution in [2.24, 2.45) is 5.92 Å². The zero-order chi connectivity index (χ0) is 20.7. The Morgan fingerprint density at radius 3 is 2.68 bits per heavy atom. The zero-order valence-corrected chi connectivity index (χ0v) is 15.9. The van der Waals surface area contributed by atoms with Crippen molar-refractivity contribution >= 4 is 29.4 Å². The van der Waals surface area contributed by atoms with E-state index in [2.05, 4.69) is 10.6 Å². The molecule has 9 nitrogen and oxygen atoms in total. The molecule has 0 spiro atoms. The molecule has 28 heavy (non-hydrogen) atoms. The molecule has 0 aliphatic carbocycles. The monoisotopic (exact) mass is 391 g/mol. The lowest BCUT2D eigenvalue weighted by molar-refractivity contribution is -0.143. The molecule has 3 N–H and O–H groups in total. The molecule has 0 unspecified atom stereocenters. The number of hydrogen-bond donors (Lipinski definition) is 3. The summed E-state index contributed by atoms with van der Waals surface area (Å²) < 4.78 is 5.39. The van der Waals surface area contributed by atoms with Crippen LogP contribution in [0.4, 0.5) is 5.69 Å². The van der Waals surface area contributed by atoms with Crippen LogP contribution in [0.3, 0.4) is 0 Å². The minimum Gasteiger partial charge on any atom is -0.481 e. The summed E-state index contributed by atoms with van der Waals surface area (Å²) in [5.74, 6) is -3.64. The van der Waals surface area contributed by atoms with Gasteiger partial charge in [0.15, 0.2) is 0 Å². The second kappa shape index (κ2) is 9.84. The zero-order valence-electron chi connectivity index (χ0n) is 15.9. The van der Waals surface area contributed by atoms with E-state index in [1.165, 1.54) is 4.90 Å². The van der Waals surface area contributed by atoms with Crippen LogP contribution >= 0.6 is 0 Å². The highest BCUT2D eigenvalue weighted by Crippen LogP contribution is 2.14. The Morgan fingerprint density at radius 2 is 2.00 bits per heavy atom. The molecule has 0 bridgehead atoms. The number of aryl methyl sites for hydroxylation is 1.